The molecule has 1 N–H and O–H groups in total. The van der Waals surface area contributed by atoms with Crippen LogP contribution in [-0.2, 0) is 6.18 Å². The summed E-state index contributed by atoms with van der Waals surface area (Å²) >= 11 is 0. The van der Waals surface area contributed by atoms with Crippen molar-refractivity contribution >= 4 is 16.6 Å². The Balaban J connectivity index is 2.19. The number of nitrogens with one attached hydrogen (secondary N) is 1. The lowest BCUT2D eigenvalue weighted by molar-refractivity contribution is -0.383. The van der Waals surface area contributed by atoms with Crippen LogP contribution in [0, 0.1) is 10.1 Å². The molecule has 0 aliphatic carbocycles. The van der Waals surface area contributed by atoms with E-state index in [4.69, 9.17) is 0 Å². The van der Waals surface area contributed by atoms with Crippen molar-refractivity contribution in [1.29, 1.82) is 0 Å². The van der Waals surface area contributed by atoms with Crippen LogP contribution in [-0.4, -0.2) is 14.9 Å². The van der Waals surface area contributed by atoms with Gasteiger partial charge in [-0.1, -0.05) is 18.2 Å². The van der Waals surface area contributed by atoms with Gasteiger partial charge in [-0.25, -0.2) is 4.98 Å². The van der Waals surface area contributed by atoms with E-state index in [0.717, 1.165) is 24.3 Å². The molecule has 2 aromatic carbocycles. The molecular formula is C15H8F3N3O3. The van der Waals surface area contributed by atoms with Crippen LogP contribution < -0.4 is 5.56 Å². The Bertz CT molecular complexity index is 995. The van der Waals surface area contributed by atoms with Crippen molar-refractivity contribution in [3.05, 3.63) is 68.5 Å². The highest BCUT2D eigenvalue weighted by Gasteiger charge is 2.30. The van der Waals surface area contributed by atoms with E-state index in [1.165, 1.54) is 18.2 Å². The van der Waals surface area contributed by atoms with Gasteiger partial charge in [0, 0.05) is 11.6 Å². The SMILES string of the molecule is O=c1[nH]c(-c2ccc(C(F)(F)F)cc2)nc2c([N+](=O)[O-])cccc12. The number of nitrogens with zero attached hydrogens (tertiary/aromatic N) is 2. The van der Waals surface area contributed by atoms with Gasteiger partial charge in [-0.2, -0.15) is 13.2 Å². The molecule has 1 aromatic heterocycles. The molecule has 0 saturated heterocycles. The van der Waals surface area contributed by atoms with Crippen LogP contribution in [0.5, 0.6) is 0 Å². The van der Waals surface area contributed by atoms with Crippen molar-refractivity contribution < 1.29 is 18.1 Å². The van der Waals surface area contributed by atoms with Gasteiger partial charge in [0.25, 0.3) is 11.2 Å². The zero-order valence-electron chi connectivity index (χ0n) is 11.8. The molecular weight excluding hydrogens is 327 g/mol. The van der Waals surface area contributed by atoms with E-state index in [1.54, 1.807) is 0 Å². The second kappa shape index (κ2) is 5.44. The number of para-hydroxylation sites is 1. The number of rotatable bonds is 2. The summed E-state index contributed by atoms with van der Waals surface area (Å²) in [7, 11) is 0. The van der Waals surface area contributed by atoms with E-state index in [-0.39, 0.29) is 28.0 Å². The molecule has 0 atom stereocenters. The Morgan fingerprint density at radius 1 is 1.08 bits per heavy atom. The molecule has 0 radical (unpaired) electrons. The zero-order chi connectivity index (χ0) is 17.5. The fraction of sp³-hybridized carbons (Fsp3) is 0.0667. The number of aromatic amines is 1. The van der Waals surface area contributed by atoms with Crippen molar-refractivity contribution in [3.8, 4) is 11.4 Å². The lowest BCUT2D eigenvalue weighted by atomic mass is 10.1. The van der Waals surface area contributed by atoms with E-state index < -0.39 is 22.2 Å². The van der Waals surface area contributed by atoms with E-state index in [0.29, 0.717) is 0 Å². The Morgan fingerprint density at radius 2 is 1.75 bits per heavy atom. The topological polar surface area (TPSA) is 88.9 Å². The minimum Gasteiger partial charge on any atom is -0.306 e. The third-order valence-electron chi connectivity index (χ3n) is 3.40. The third-order valence-corrected chi connectivity index (χ3v) is 3.40. The van der Waals surface area contributed by atoms with Crippen LogP contribution in [0.4, 0.5) is 18.9 Å². The largest absolute Gasteiger partial charge is 0.416 e. The number of benzene rings is 2. The van der Waals surface area contributed by atoms with Gasteiger partial charge in [0.2, 0.25) is 0 Å². The lowest BCUT2D eigenvalue weighted by Crippen LogP contribution is -2.11. The highest BCUT2D eigenvalue weighted by atomic mass is 19.4. The van der Waals surface area contributed by atoms with E-state index in [2.05, 4.69) is 9.97 Å². The molecule has 0 aliphatic heterocycles. The zero-order valence-corrected chi connectivity index (χ0v) is 11.8. The Morgan fingerprint density at radius 3 is 2.33 bits per heavy atom. The molecule has 9 heteroatoms. The van der Waals surface area contributed by atoms with Crippen LogP contribution in [0.2, 0.25) is 0 Å². The number of nitro groups is 1. The third kappa shape index (κ3) is 2.71. The molecule has 3 aromatic rings. The average molecular weight is 335 g/mol. The van der Waals surface area contributed by atoms with Gasteiger partial charge in [0.05, 0.1) is 15.9 Å². The molecule has 0 unspecified atom stereocenters. The quantitative estimate of drug-likeness (QED) is 0.573. The molecule has 6 nitrogen and oxygen atoms in total. The maximum Gasteiger partial charge on any atom is 0.416 e. The fourth-order valence-electron chi connectivity index (χ4n) is 2.25. The van der Waals surface area contributed by atoms with Crippen molar-refractivity contribution in [3.63, 3.8) is 0 Å². The summed E-state index contributed by atoms with van der Waals surface area (Å²) in [5.74, 6) is -0.0458. The Kier molecular flexibility index (Phi) is 3.55. The second-order valence-corrected chi connectivity index (χ2v) is 4.92. The molecule has 24 heavy (non-hydrogen) atoms. The van der Waals surface area contributed by atoms with Crippen molar-refractivity contribution in [2.45, 2.75) is 6.18 Å². The molecule has 0 spiro atoms. The average Bonchev–Trinajstić information content (AvgIpc) is 2.53. The standard InChI is InChI=1S/C15H8F3N3O3/c16-15(17,18)9-6-4-8(5-7-9)13-19-12-10(14(22)20-13)2-1-3-11(12)21(23)24/h1-7H,(H,19,20,22). The summed E-state index contributed by atoms with van der Waals surface area (Å²) in [4.78, 5) is 28.9. The van der Waals surface area contributed by atoms with Gasteiger partial charge >= 0.3 is 6.18 Å². The lowest BCUT2D eigenvalue weighted by Gasteiger charge is -2.08. The van der Waals surface area contributed by atoms with Crippen LogP contribution in [0.15, 0.2) is 47.3 Å². The number of halogens is 3. The molecule has 0 aliphatic rings. The maximum atomic E-state index is 12.6. The normalized spacial score (nSPS) is 11.6. The van der Waals surface area contributed by atoms with Crippen LogP contribution in [0.25, 0.3) is 22.3 Å². The van der Waals surface area contributed by atoms with Crippen molar-refractivity contribution in [2.75, 3.05) is 0 Å². The Hall–Kier alpha value is -3.23. The molecule has 1 heterocycles. The number of aromatic nitrogens is 2. The number of nitro benzene ring substituents is 1. The summed E-state index contributed by atoms with van der Waals surface area (Å²) < 4.78 is 37.8. The summed E-state index contributed by atoms with van der Waals surface area (Å²) in [6.07, 6.45) is -4.48. The van der Waals surface area contributed by atoms with Gasteiger partial charge in [-0.15, -0.1) is 0 Å². The van der Waals surface area contributed by atoms with Gasteiger partial charge in [0.15, 0.2) is 5.52 Å². The minimum absolute atomic E-state index is 0.0276. The first-order chi connectivity index (χ1) is 11.3. The molecule has 0 fully saturated rings. The smallest absolute Gasteiger partial charge is 0.306 e. The van der Waals surface area contributed by atoms with E-state index in [1.807, 2.05) is 0 Å². The predicted molar refractivity (Wildman–Crippen MR) is 79.5 cm³/mol. The number of fused-ring (bicyclic) bond motifs is 1. The van der Waals surface area contributed by atoms with Crippen molar-refractivity contribution in [1.82, 2.24) is 9.97 Å². The molecule has 0 amide bonds. The summed E-state index contributed by atoms with van der Waals surface area (Å²) in [5, 5.41) is 11.1. The minimum atomic E-state index is -4.48. The van der Waals surface area contributed by atoms with Crippen molar-refractivity contribution in [2.24, 2.45) is 0 Å². The summed E-state index contributed by atoms with van der Waals surface area (Å²) in [5.41, 5.74) is -1.73. The predicted octanol–water partition coefficient (Wildman–Crippen LogP) is 3.52. The fourth-order valence-corrected chi connectivity index (χ4v) is 2.25. The first-order valence-corrected chi connectivity index (χ1v) is 6.62. The highest BCUT2D eigenvalue weighted by molar-refractivity contribution is 5.87. The first kappa shape index (κ1) is 15.7. The van der Waals surface area contributed by atoms with E-state index in [9.17, 15) is 28.1 Å². The molecule has 3 rings (SSSR count). The molecule has 122 valence electrons. The molecule has 0 saturated carbocycles. The number of H-pyrrole nitrogens is 1. The monoisotopic (exact) mass is 335 g/mol. The maximum absolute atomic E-state index is 12.6. The van der Waals surface area contributed by atoms with E-state index >= 15 is 0 Å². The van der Waals surface area contributed by atoms with Crippen LogP contribution in [0.1, 0.15) is 5.56 Å². The number of non-ortho nitro benzene ring substituents is 1. The first-order valence-electron chi connectivity index (χ1n) is 6.62. The summed E-state index contributed by atoms with van der Waals surface area (Å²) in [6.45, 7) is 0. The number of hydrogen-bond acceptors (Lipinski definition) is 4. The van der Waals surface area contributed by atoms with Crippen LogP contribution >= 0.6 is 0 Å². The van der Waals surface area contributed by atoms with Crippen LogP contribution in [0.3, 0.4) is 0 Å². The van der Waals surface area contributed by atoms with Gasteiger partial charge in [0.1, 0.15) is 5.82 Å². The molecule has 0 bridgehead atoms. The van der Waals surface area contributed by atoms with Gasteiger partial charge in [-0.05, 0) is 18.2 Å². The Labute approximate surface area is 131 Å². The second-order valence-electron chi connectivity index (χ2n) is 4.92. The van der Waals surface area contributed by atoms with Gasteiger partial charge < -0.3 is 4.98 Å². The van der Waals surface area contributed by atoms with Gasteiger partial charge in [-0.3, -0.25) is 14.9 Å². The number of alkyl halides is 3. The summed E-state index contributed by atoms with van der Waals surface area (Å²) in [6, 6.07) is 7.91. The number of hydrogen-bond donors (Lipinski definition) is 1. The highest BCUT2D eigenvalue weighted by Crippen LogP contribution is 2.30.